The highest BCUT2D eigenvalue weighted by atomic mass is 32.1. The lowest BCUT2D eigenvalue weighted by Gasteiger charge is -1.98. The molecule has 0 aliphatic heterocycles. The van der Waals surface area contributed by atoms with Gasteiger partial charge in [-0.05, 0) is 6.07 Å². The average Bonchev–Trinajstić information content (AvgIpc) is 3.36. The average molecular weight is 382 g/mol. The van der Waals surface area contributed by atoms with E-state index in [0.717, 1.165) is 26.6 Å². The largest absolute Gasteiger partial charge is 0.297 e. The number of fused-ring (bicyclic) bond motifs is 3. The summed E-state index contributed by atoms with van der Waals surface area (Å²) in [6.07, 6.45) is 1.97. The van der Waals surface area contributed by atoms with Gasteiger partial charge >= 0.3 is 0 Å². The molecular formula is C17H10N4OS3. The first-order valence-corrected chi connectivity index (χ1v) is 10.0. The van der Waals surface area contributed by atoms with Crippen molar-refractivity contribution in [1.82, 2.24) is 14.4 Å². The normalized spacial score (nSPS) is 11.4. The van der Waals surface area contributed by atoms with Crippen LogP contribution < -0.4 is 5.32 Å². The summed E-state index contributed by atoms with van der Waals surface area (Å²) in [6, 6.07) is 11.8. The first-order valence-electron chi connectivity index (χ1n) is 7.45. The number of hydrogen-bond donors (Lipinski definition) is 1. The third-order valence-electron chi connectivity index (χ3n) is 3.76. The number of amides is 1. The lowest BCUT2D eigenvalue weighted by molar-refractivity contribution is 0.103. The smallest absolute Gasteiger partial charge is 0.267 e. The minimum atomic E-state index is -0.152. The van der Waals surface area contributed by atoms with Crippen molar-refractivity contribution in [3.05, 3.63) is 58.2 Å². The Balaban J connectivity index is 1.41. The molecule has 5 rings (SSSR count). The van der Waals surface area contributed by atoms with E-state index >= 15 is 0 Å². The maximum absolute atomic E-state index is 12.5. The minimum Gasteiger partial charge on any atom is -0.297 e. The number of hydrogen-bond acceptors (Lipinski definition) is 6. The van der Waals surface area contributed by atoms with Crippen LogP contribution in [-0.4, -0.2) is 20.3 Å². The molecule has 1 aromatic carbocycles. The van der Waals surface area contributed by atoms with E-state index in [1.165, 1.54) is 22.7 Å². The highest BCUT2D eigenvalue weighted by molar-refractivity contribution is 7.21. The summed E-state index contributed by atoms with van der Waals surface area (Å²) in [5, 5.41) is 7.41. The zero-order valence-corrected chi connectivity index (χ0v) is 15.1. The Morgan fingerprint density at radius 2 is 2.00 bits per heavy atom. The van der Waals surface area contributed by atoms with Crippen LogP contribution in [0.3, 0.4) is 0 Å². The standard InChI is InChI=1S/C17H10N4OS3/c22-14(13-8-12-15(25-13)20-17-21(12)6-7-23-17)19-16-18-11(9-24-16)10-4-2-1-3-5-10/h1-9H,(H,18,19,22). The number of nitrogens with one attached hydrogen (secondary N) is 1. The van der Waals surface area contributed by atoms with Gasteiger partial charge in [0.2, 0.25) is 0 Å². The van der Waals surface area contributed by atoms with Crippen molar-refractivity contribution >= 4 is 60.4 Å². The molecule has 0 saturated heterocycles. The van der Waals surface area contributed by atoms with E-state index in [9.17, 15) is 4.79 Å². The maximum atomic E-state index is 12.5. The summed E-state index contributed by atoms with van der Waals surface area (Å²) in [4.78, 5) is 24.0. The molecule has 0 spiro atoms. The molecule has 1 amide bonds. The molecule has 4 heterocycles. The zero-order valence-electron chi connectivity index (χ0n) is 12.7. The molecule has 0 atom stereocenters. The van der Waals surface area contributed by atoms with Gasteiger partial charge in [-0.1, -0.05) is 30.3 Å². The number of thiophene rings is 1. The second-order valence-electron chi connectivity index (χ2n) is 5.33. The van der Waals surface area contributed by atoms with Crippen molar-refractivity contribution in [3.8, 4) is 11.3 Å². The second kappa shape index (κ2) is 5.76. The molecule has 1 N–H and O–H groups in total. The van der Waals surface area contributed by atoms with Gasteiger partial charge in [-0.15, -0.1) is 34.0 Å². The Bertz CT molecular complexity index is 1200. The molecule has 0 fully saturated rings. The SMILES string of the molecule is O=C(Nc1nc(-c2ccccc2)cs1)c1cc2c(nc3sccn32)s1. The van der Waals surface area contributed by atoms with Crippen molar-refractivity contribution in [2.45, 2.75) is 0 Å². The molecule has 0 radical (unpaired) electrons. The molecule has 0 aliphatic rings. The topological polar surface area (TPSA) is 59.3 Å². The highest BCUT2D eigenvalue weighted by Gasteiger charge is 2.16. The highest BCUT2D eigenvalue weighted by Crippen LogP contribution is 2.30. The fourth-order valence-corrected chi connectivity index (χ4v) is 5.00. The number of anilines is 1. The van der Waals surface area contributed by atoms with E-state index in [-0.39, 0.29) is 5.91 Å². The summed E-state index contributed by atoms with van der Waals surface area (Å²) in [7, 11) is 0. The van der Waals surface area contributed by atoms with Gasteiger partial charge in [0.15, 0.2) is 10.1 Å². The number of aromatic nitrogens is 3. The molecular weight excluding hydrogens is 372 g/mol. The lowest BCUT2D eigenvalue weighted by Crippen LogP contribution is -2.09. The van der Waals surface area contributed by atoms with E-state index in [1.807, 2.05) is 57.8 Å². The molecule has 8 heteroatoms. The van der Waals surface area contributed by atoms with Crippen LogP contribution in [0.1, 0.15) is 9.67 Å². The van der Waals surface area contributed by atoms with Crippen LogP contribution in [0.5, 0.6) is 0 Å². The fraction of sp³-hybridized carbons (Fsp3) is 0. The Morgan fingerprint density at radius 1 is 1.12 bits per heavy atom. The van der Waals surface area contributed by atoms with Crippen LogP contribution in [-0.2, 0) is 0 Å². The van der Waals surface area contributed by atoms with Crippen molar-refractivity contribution < 1.29 is 4.79 Å². The zero-order chi connectivity index (χ0) is 16.8. The van der Waals surface area contributed by atoms with Gasteiger partial charge in [-0.3, -0.25) is 14.5 Å². The van der Waals surface area contributed by atoms with Crippen molar-refractivity contribution in [2.75, 3.05) is 5.32 Å². The number of benzene rings is 1. The van der Waals surface area contributed by atoms with Crippen LogP contribution in [0.25, 0.3) is 26.6 Å². The van der Waals surface area contributed by atoms with Crippen molar-refractivity contribution in [1.29, 1.82) is 0 Å². The first kappa shape index (κ1) is 14.8. The Hall–Kier alpha value is -2.55. The molecule has 0 unspecified atom stereocenters. The molecule has 5 nitrogen and oxygen atoms in total. The fourth-order valence-electron chi connectivity index (χ4n) is 2.59. The maximum Gasteiger partial charge on any atom is 0.267 e. The van der Waals surface area contributed by atoms with Crippen molar-refractivity contribution in [3.63, 3.8) is 0 Å². The van der Waals surface area contributed by atoms with Gasteiger partial charge in [0.25, 0.3) is 5.91 Å². The van der Waals surface area contributed by atoms with Crippen LogP contribution in [0, 0.1) is 0 Å². The number of thiazole rings is 2. The summed E-state index contributed by atoms with van der Waals surface area (Å²) in [5.74, 6) is -0.152. The van der Waals surface area contributed by atoms with E-state index in [0.29, 0.717) is 10.0 Å². The van der Waals surface area contributed by atoms with Crippen LogP contribution in [0.15, 0.2) is 53.4 Å². The molecule has 122 valence electrons. The molecule has 25 heavy (non-hydrogen) atoms. The molecule has 0 bridgehead atoms. The lowest BCUT2D eigenvalue weighted by atomic mass is 10.2. The monoisotopic (exact) mass is 382 g/mol. The summed E-state index contributed by atoms with van der Waals surface area (Å²) >= 11 is 4.41. The van der Waals surface area contributed by atoms with Gasteiger partial charge in [0.1, 0.15) is 4.83 Å². The van der Waals surface area contributed by atoms with Crippen molar-refractivity contribution in [2.24, 2.45) is 0 Å². The van der Waals surface area contributed by atoms with Gasteiger partial charge in [0.05, 0.1) is 16.1 Å². The summed E-state index contributed by atoms with van der Waals surface area (Å²) in [5.41, 5.74) is 2.87. The quantitative estimate of drug-likeness (QED) is 0.478. The number of nitrogens with zero attached hydrogens (tertiary/aromatic N) is 3. The third-order valence-corrected chi connectivity index (χ3v) is 6.29. The number of carbonyl (C=O) groups excluding carboxylic acids is 1. The molecule has 5 aromatic rings. The van der Waals surface area contributed by atoms with Crippen LogP contribution >= 0.6 is 34.0 Å². The Labute approximate surface area is 154 Å². The van der Waals surface area contributed by atoms with Crippen LogP contribution in [0.2, 0.25) is 0 Å². The molecule has 4 aromatic heterocycles. The number of imidazole rings is 1. The van der Waals surface area contributed by atoms with Crippen LogP contribution in [0.4, 0.5) is 5.13 Å². The summed E-state index contributed by atoms with van der Waals surface area (Å²) < 4.78 is 2.00. The Kier molecular flexibility index (Phi) is 3.40. The van der Waals surface area contributed by atoms with E-state index in [1.54, 1.807) is 11.3 Å². The Morgan fingerprint density at radius 3 is 2.88 bits per heavy atom. The molecule has 0 aliphatic carbocycles. The van der Waals surface area contributed by atoms with E-state index in [2.05, 4.69) is 15.3 Å². The number of carbonyl (C=O) groups is 1. The van der Waals surface area contributed by atoms with Gasteiger partial charge in [-0.25, -0.2) is 9.97 Å². The minimum absolute atomic E-state index is 0.152. The van der Waals surface area contributed by atoms with E-state index in [4.69, 9.17) is 0 Å². The van der Waals surface area contributed by atoms with Gasteiger partial charge in [-0.2, -0.15) is 0 Å². The second-order valence-corrected chi connectivity index (χ2v) is 8.09. The third kappa shape index (κ3) is 2.55. The van der Waals surface area contributed by atoms with Gasteiger partial charge in [0, 0.05) is 22.5 Å². The summed E-state index contributed by atoms with van der Waals surface area (Å²) in [6.45, 7) is 0. The molecule has 0 saturated carbocycles. The first-order chi connectivity index (χ1) is 12.3. The number of rotatable bonds is 3. The predicted molar refractivity (Wildman–Crippen MR) is 104 cm³/mol. The van der Waals surface area contributed by atoms with Gasteiger partial charge < -0.3 is 0 Å². The predicted octanol–water partition coefficient (Wildman–Crippen LogP) is 4.99. The van der Waals surface area contributed by atoms with E-state index < -0.39 is 0 Å².